The Hall–Kier alpha value is -0.490. The lowest BCUT2D eigenvalue weighted by atomic mass is 9.93. The van der Waals surface area contributed by atoms with Gasteiger partial charge in [0.25, 0.3) is 0 Å². The number of Topliss-reactive ketones (excluding diaryl/α,β-unsaturated/α-hetero) is 1. The van der Waals surface area contributed by atoms with Crippen molar-refractivity contribution in [2.45, 2.75) is 224 Å². The number of carbonyl (C=O) groups is 1. The minimum Gasteiger partial charge on any atom is -0.390 e. The van der Waals surface area contributed by atoms with Crippen LogP contribution in [0.3, 0.4) is 0 Å². The highest BCUT2D eigenvalue weighted by molar-refractivity contribution is 5.83. The van der Waals surface area contributed by atoms with Gasteiger partial charge in [-0.05, 0) is 12.8 Å². The first kappa shape index (κ1) is 40.5. The number of carbonyl (C=O) groups excluding carboxylic acids is 1. The maximum atomic E-state index is 12.4. The molecule has 0 rings (SSSR count). The number of hydrogen-bond donors (Lipinski definition) is 4. The summed E-state index contributed by atoms with van der Waals surface area (Å²) in [7, 11) is 0. The van der Waals surface area contributed by atoms with Gasteiger partial charge in [-0.25, -0.2) is 0 Å². The van der Waals surface area contributed by atoms with Crippen molar-refractivity contribution < 1.29 is 20.1 Å². The van der Waals surface area contributed by atoms with Gasteiger partial charge in [-0.2, -0.15) is 0 Å². The van der Waals surface area contributed by atoms with Crippen molar-refractivity contribution in [3.63, 3.8) is 0 Å². The second-order valence-electron chi connectivity index (χ2n) is 12.9. The summed E-state index contributed by atoms with van der Waals surface area (Å²) in [6.07, 6.45) is 31.0. The van der Waals surface area contributed by atoms with Crippen LogP contribution in [0.25, 0.3) is 0 Å². The Bertz CT molecular complexity index is 544. The second-order valence-corrected chi connectivity index (χ2v) is 12.9. The van der Waals surface area contributed by atoms with Crippen LogP contribution in [-0.2, 0) is 4.79 Å². The lowest BCUT2D eigenvalue weighted by Gasteiger charge is -2.27. The highest BCUT2D eigenvalue weighted by Gasteiger charge is 2.32. The second kappa shape index (κ2) is 31.0. The molecule has 0 heterocycles. The van der Waals surface area contributed by atoms with E-state index in [1.54, 1.807) is 0 Å². The average Bonchev–Trinajstić information content (AvgIpc) is 2.98. The molecule has 5 nitrogen and oxygen atoms in total. The first-order chi connectivity index (χ1) is 20.0. The van der Waals surface area contributed by atoms with E-state index < -0.39 is 24.4 Å². The molecule has 5 heteroatoms. The van der Waals surface area contributed by atoms with E-state index in [0.717, 1.165) is 38.5 Å². The Morgan fingerprint density at radius 3 is 1.12 bits per heavy atom. The quantitative estimate of drug-likeness (QED) is 0.0576. The third kappa shape index (κ3) is 25.7. The molecule has 5 N–H and O–H groups in total. The smallest absolute Gasteiger partial charge is 0.162 e. The minimum absolute atomic E-state index is 0.286. The first-order valence-corrected chi connectivity index (χ1v) is 18.3. The standard InChI is InChI=1S/C36H73NO4/c1-3-5-7-9-11-13-15-17-18-19-21-23-25-27-29-31-33(39)36(41)34(37)35(40)32(38)30-28-26-24-22-20-16-14-12-10-8-6-4-2/h32,34-36,38,40-41H,3-31,37H2,1-2H3. The van der Waals surface area contributed by atoms with Gasteiger partial charge >= 0.3 is 0 Å². The lowest BCUT2D eigenvalue weighted by molar-refractivity contribution is -0.131. The molecule has 0 aromatic heterocycles. The maximum absolute atomic E-state index is 12.4. The zero-order valence-electron chi connectivity index (χ0n) is 27.6. The van der Waals surface area contributed by atoms with Gasteiger partial charge in [0.05, 0.1) is 18.2 Å². The Kier molecular flexibility index (Phi) is 30.6. The van der Waals surface area contributed by atoms with E-state index >= 15 is 0 Å². The molecule has 0 radical (unpaired) electrons. The van der Waals surface area contributed by atoms with E-state index in [1.807, 2.05) is 0 Å². The molecular formula is C36H73NO4. The molecule has 0 aliphatic heterocycles. The first-order valence-electron chi connectivity index (χ1n) is 18.3. The van der Waals surface area contributed by atoms with Crippen LogP contribution in [0, 0.1) is 0 Å². The maximum Gasteiger partial charge on any atom is 0.162 e. The van der Waals surface area contributed by atoms with Crippen LogP contribution in [0.5, 0.6) is 0 Å². The Morgan fingerprint density at radius 2 is 0.780 bits per heavy atom. The summed E-state index contributed by atoms with van der Waals surface area (Å²) in [5.74, 6) is -0.316. The fraction of sp³-hybridized carbons (Fsp3) is 0.972. The predicted octanol–water partition coefficient (Wildman–Crippen LogP) is 9.32. The SMILES string of the molecule is CCCCCCCCCCCCCCCCCC(=O)C(O)C(N)C(O)C(O)CCCCCCCCCCCCCC. The topological polar surface area (TPSA) is 104 Å². The summed E-state index contributed by atoms with van der Waals surface area (Å²) < 4.78 is 0. The van der Waals surface area contributed by atoms with Gasteiger partial charge < -0.3 is 21.1 Å². The van der Waals surface area contributed by atoms with Crippen molar-refractivity contribution >= 4 is 5.78 Å². The fourth-order valence-electron chi connectivity index (χ4n) is 5.84. The number of hydrogen-bond acceptors (Lipinski definition) is 5. The molecule has 0 fully saturated rings. The molecule has 0 aliphatic carbocycles. The van der Waals surface area contributed by atoms with Gasteiger partial charge in [-0.1, -0.05) is 181 Å². The molecule has 0 aromatic rings. The molecule has 0 aliphatic rings. The number of rotatable bonds is 33. The summed E-state index contributed by atoms with van der Waals surface area (Å²) in [5, 5.41) is 31.1. The van der Waals surface area contributed by atoms with E-state index in [-0.39, 0.29) is 12.2 Å². The zero-order valence-corrected chi connectivity index (χ0v) is 27.6. The predicted molar refractivity (Wildman–Crippen MR) is 176 cm³/mol. The lowest BCUT2D eigenvalue weighted by Crippen LogP contribution is -2.52. The largest absolute Gasteiger partial charge is 0.390 e. The van der Waals surface area contributed by atoms with Crippen molar-refractivity contribution in [2.24, 2.45) is 5.73 Å². The van der Waals surface area contributed by atoms with Crippen LogP contribution < -0.4 is 5.73 Å². The summed E-state index contributed by atoms with van der Waals surface area (Å²) in [6, 6.07) is -1.13. The molecule has 0 saturated carbocycles. The van der Waals surface area contributed by atoms with Crippen molar-refractivity contribution in [1.82, 2.24) is 0 Å². The van der Waals surface area contributed by atoms with Crippen LogP contribution in [0.1, 0.15) is 200 Å². The van der Waals surface area contributed by atoms with Crippen LogP contribution in [0.2, 0.25) is 0 Å². The molecule has 246 valence electrons. The zero-order chi connectivity index (χ0) is 30.4. The van der Waals surface area contributed by atoms with Crippen molar-refractivity contribution in [3.05, 3.63) is 0 Å². The van der Waals surface area contributed by atoms with Gasteiger partial charge in [0.15, 0.2) is 5.78 Å². The minimum atomic E-state index is -1.41. The highest BCUT2D eigenvalue weighted by atomic mass is 16.3. The van der Waals surface area contributed by atoms with Gasteiger partial charge in [0, 0.05) is 6.42 Å². The normalized spacial score (nSPS) is 14.7. The number of aliphatic hydroxyl groups excluding tert-OH is 3. The molecule has 41 heavy (non-hydrogen) atoms. The number of unbranched alkanes of at least 4 members (excludes halogenated alkanes) is 25. The Morgan fingerprint density at radius 1 is 0.488 bits per heavy atom. The molecular weight excluding hydrogens is 510 g/mol. The van der Waals surface area contributed by atoms with Crippen LogP contribution >= 0.6 is 0 Å². The molecule has 4 atom stereocenters. The highest BCUT2D eigenvalue weighted by Crippen LogP contribution is 2.17. The van der Waals surface area contributed by atoms with E-state index in [4.69, 9.17) is 5.73 Å². The van der Waals surface area contributed by atoms with E-state index in [2.05, 4.69) is 13.8 Å². The van der Waals surface area contributed by atoms with Crippen molar-refractivity contribution in [2.75, 3.05) is 0 Å². The number of nitrogens with two attached hydrogens (primary N) is 1. The summed E-state index contributed by atoms with van der Waals surface area (Å²) >= 11 is 0. The molecule has 0 amide bonds. The number of ketones is 1. The van der Waals surface area contributed by atoms with E-state index in [9.17, 15) is 20.1 Å². The van der Waals surface area contributed by atoms with Crippen LogP contribution in [0.15, 0.2) is 0 Å². The van der Waals surface area contributed by atoms with Crippen LogP contribution in [0.4, 0.5) is 0 Å². The molecule has 0 saturated heterocycles. The summed E-state index contributed by atoms with van der Waals surface area (Å²) in [4.78, 5) is 12.4. The number of aliphatic hydroxyl groups is 3. The van der Waals surface area contributed by atoms with E-state index in [0.29, 0.717) is 6.42 Å². The molecule has 0 bridgehead atoms. The van der Waals surface area contributed by atoms with Gasteiger partial charge in [0.1, 0.15) is 6.10 Å². The fourth-order valence-corrected chi connectivity index (χ4v) is 5.84. The molecule has 4 unspecified atom stereocenters. The molecule has 0 spiro atoms. The monoisotopic (exact) mass is 584 g/mol. The Balaban J connectivity index is 3.68. The third-order valence-corrected chi connectivity index (χ3v) is 8.86. The van der Waals surface area contributed by atoms with Gasteiger partial charge in [-0.15, -0.1) is 0 Å². The third-order valence-electron chi connectivity index (χ3n) is 8.86. The average molecular weight is 584 g/mol. The van der Waals surface area contributed by atoms with Gasteiger partial charge in [0.2, 0.25) is 0 Å². The molecule has 0 aromatic carbocycles. The Labute approximate surface area is 255 Å². The summed E-state index contributed by atoms with van der Waals surface area (Å²) in [6.45, 7) is 4.52. The van der Waals surface area contributed by atoms with Crippen molar-refractivity contribution in [1.29, 1.82) is 0 Å². The summed E-state index contributed by atoms with van der Waals surface area (Å²) in [5.41, 5.74) is 5.97. The van der Waals surface area contributed by atoms with Gasteiger partial charge in [-0.3, -0.25) is 4.79 Å². The van der Waals surface area contributed by atoms with E-state index in [1.165, 1.54) is 135 Å². The van der Waals surface area contributed by atoms with Crippen LogP contribution in [-0.4, -0.2) is 45.5 Å². The van der Waals surface area contributed by atoms with Crippen molar-refractivity contribution in [3.8, 4) is 0 Å².